The van der Waals surface area contributed by atoms with Crippen LogP contribution in [0, 0.1) is 4.64 Å². The zero-order valence-corrected chi connectivity index (χ0v) is 10.4. The van der Waals surface area contributed by atoms with E-state index in [1.165, 1.54) is 0 Å². The molecular formula is C9H15N5O3S. The molecule has 1 aliphatic heterocycles. The van der Waals surface area contributed by atoms with Crippen molar-refractivity contribution < 1.29 is 14.9 Å². The molecule has 1 aromatic heterocycles. The molecule has 0 aliphatic carbocycles. The van der Waals surface area contributed by atoms with Crippen molar-refractivity contribution >= 4 is 29.7 Å². The first-order valence-electron chi connectivity index (χ1n) is 5.33. The quantitative estimate of drug-likeness (QED) is 0.384. The lowest BCUT2D eigenvalue weighted by Crippen LogP contribution is -2.36. The highest BCUT2D eigenvalue weighted by atomic mass is 32.1. The predicted octanol–water partition coefficient (Wildman–Crippen LogP) is -0.818. The third-order valence-corrected chi connectivity index (χ3v) is 3.08. The van der Waals surface area contributed by atoms with Gasteiger partial charge in [-0.05, 0) is 6.92 Å². The molecule has 8 N–H and O–H groups in total. The lowest BCUT2D eigenvalue weighted by atomic mass is 10.1. The van der Waals surface area contributed by atoms with Gasteiger partial charge in [0.15, 0.2) is 12.0 Å². The second-order valence-electron chi connectivity index (χ2n) is 4.10. The normalized spacial score (nSPS) is 31.5. The van der Waals surface area contributed by atoms with Crippen LogP contribution in [0.25, 0.3) is 0 Å². The van der Waals surface area contributed by atoms with Crippen LogP contribution < -0.4 is 16.8 Å². The molecule has 1 fully saturated rings. The SMILES string of the molecule is CC1OC(Nc2nc(N)[nH]c(=S)c2N)C(O)C1O. The maximum Gasteiger partial charge on any atom is 0.200 e. The van der Waals surface area contributed by atoms with E-state index in [0.717, 1.165) is 0 Å². The first-order valence-corrected chi connectivity index (χ1v) is 5.74. The van der Waals surface area contributed by atoms with Gasteiger partial charge in [0.2, 0.25) is 5.95 Å². The molecule has 1 aromatic rings. The first-order chi connectivity index (χ1) is 8.40. The molecule has 0 aromatic carbocycles. The monoisotopic (exact) mass is 273 g/mol. The first kappa shape index (κ1) is 13.0. The number of ether oxygens (including phenoxy) is 1. The molecule has 1 saturated heterocycles. The summed E-state index contributed by atoms with van der Waals surface area (Å²) < 4.78 is 5.57. The Morgan fingerprint density at radius 3 is 2.61 bits per heavy atom. The summed E-state index contributed by atoms with van der Waals surface area (Å²) in [5, 5.41) is 22.1. The third kappa shape index (κ3) is 2.25. The van der Waals surface area contributed by atoms with Crippen LogP contribution in [0.4, 0.5) is 17.5 Å². The third-order valence-electron chi connectivity index (χ3n) is 2.75. The molecule has 0 saturated carbocycles. The molecule has 2 heterocycles. The summed E-state index contributed by atoms with van der Waals surface area (Å²) in [6.07, 6.45) is -3.37. The number of rotatable bonds is 2. The molecular weight excluding hydrogens is 258 g/mol. The fourth-order valence-corrected chi connectivity index (χ4v) is 1.91. The van der Waals surface area contributed by atoms with Gasteiger partial charge in [0.25, 0.3) is 0 Å². The Morgan fingerprint density at radius 2 is 2.06 bits per heavy atom. The van der Waals surface area contributed by atoms with Gasteiger partial charge in [0, 0.05) is 0 Å². The fourth-order valence-electron chi connectivity index (χ4n) is 1.71. The molecule has 0 amide bonds. The Bertz CT molecular complexity index is 507. The molecule has 4 atom stereocenters. The van der Waals surface area contributed by atoms with Crippen molar-refractivity contribution in [1.82, 2.24) is 9.97 Å². The van der Waals surface area contributed by atoms with E-state index in [2.05, 4.69) is 15.3 Å². The van der Waals surface area contributed by atoms with E-state index in [4.69, 9.17) is 28.4 Å². The highest BCUT2D eigenvalue weighted by Gasteiger charge is 2.40. The van der Waals surface area contributed by atoms with Crippen molar-refractivity contribution in [3.8, 4) is 0 Å². The van der Waals surface area contributed by atoms with Gasteiger partial charge in [0.05, 0.1) is 6.10 Å². The minimum atomic E-state index is -1.08. The average Bonchev–Trinajstić information content (AvgIpc) is 2.53. The van der Waals surface area contributed by atoms with Crippen LogP contribution in [-0.2, 0) is 4.74 Å². The number of aromatic nitrogens is 2. The zero-order chi connectivity index (χ0) is 13.4. The molecule has 100 valence electrons. The number of anilines is 3. The Labute approximate surface area is 108 Å². The lowest BCUT2D eigenvalue weighted by molar-refractivity contribution is 0.0310. The predicted molar refractivity (Wildman–Crippen MR) is 68.2 cm³/mol. The number of aliphatic hydroxyl groups is 2. The van der Waals surface area contributed by atoms with Crippen LogP contribution in [0.1, 0.15) is 6.92 Å². The summed E-state index contributed by atoms with van der Waals surface area (Å²) in [7, 11) is 0. The van der Waals surface area contributed by atoms with E-state index in [9.17, 15) is 10.2 Å². The maximum atomic E-state index is 9.75. The molecule has 0 radical (unpaired) electrons. The van der Waals surface area contributed by atoms with Gasteiger partial charge in [-0.15, -0.1) is 0 Å². The van der Waals surface area contributed by atoms with Crippen LogP contribution in [0.15, 0.2) is 0 Å². The van der Waals surface area contributed by atoms with Crippen molar-refractivity contribution in [2.75, 3.05) is 16.8 Å². The molecule has 0 bridgehead atoms. The zero-order valence-electron chi connectivity index (χ0n) is 9.62. The Morgan fingerprint density at radius 1 is 1.39 bits per heavy atom. The molecule has 4 unspecified atom stereocenters. The van der Waals surface area contributed by atoms with Crippen molar-refractivity contribution in [2.45, 2.75) is 31.5 Å². The molecule has 2 rings (SSSR count). The largest absolute Gasteiger partial charge is 0.393 e. The summed E-state index contributed by atoms with van der Waals surface area (Å²) in [6.45, 7) is 1.65. The summed E-state index contributed by atoms with van der Waals surface area (Å²) >= 11 is 4.95. The number of hydrogen-bond donors (Lipinski definition) is 6. The second-order valence-corrected chi connectivity index (χ2v) is 4.51. The van der Waals surface area contributed by atoms with Gasteiger partial charge in [-0.1, -0.05) is 12.2 Å². The molecule has 18 heavy (non-hydrogen) atoms. The standard InChI is InChI=1S/C9H15N5O3S/c1-2-4(15)5(16)7(17-2)12-6-3(10)8(18)14-9(11)13-6/h2,4-5,7,15-16H,10H2,1H3,(H4,11,12,13,14,18). The number of nitrogens with one attached hydrogen (secondary N) is 2. The van der Waals surface area contributed by atoms with Crippen molar-refractivity contribution in [3.05, 3.63) is 4.64 Å². The number of hydrogen-bond acceptors (Lipinski definition) is 8. The van der Waals surface area contributed by atoms with E-state index in [1.54, 1.807) is 6.92 Å². The number of aromatic amines is 1. The number of nitrogen functional groups attached to an aromatic ring is 2. The van der Waals surface area contributed by atoms with Crippen LogP contribution in [-0.4, -0.2) is 44.7 Å². The topological polar surface area (TPSA) is 142 Å². The van der Waals surface area contributed by atoms with Crippen molar-refractivity contribution in [3.63, 3.8) is 0 Å². The van der Waals surface area contributed by atoms with Gasteiger partial charge >= 0.3 is 0 Å². The van der Waals surface area contributed by atoms with Gasteiger partial charge < -0.3 is 36.7 Å². The Balaban J connectivity index is 2.23. The number of aliphatic hydroxyl groups excluding tert-OH is 2. The lowest BCUT2D eigenvalue weighted by Gasteiger charge is -2.18. The fraction of sp³-hybridized carbons (Fsp3) is 0.556. The maximum absolute atomic E-state index is 9.75. The van der Waals surface area contributed by atoms with E-state index in [-0.39, 0.29) is 22.1 Å². The van der Waals surface area contributed by atoms with Gasteiger partial charge in [-0.3, -0.25) is 0 Å². The van der Waals surface area contributed by atoms with Crippen molar-refractivity contribution in [2.24, 2.45) is 0 Å². The summed E-state index contributed by atoms with van der Waals surface area (Å²) in [5.74, 6) is 0.305. The smallest absolute Gasteiger partial charge is 0.200 e. The summed E-state index contributed by atoms with van der Waals surface area (Å²) in [4.78, 5) is 6.52. The van der Waals surface area contributed by atoms with Crippen LogP contribution in [0.5, 0.6) is 0 Å². The van der Waals surface area contributed by atoms with Crippen LogP contribution in [0.2, 0.25) is 0 Å². The van der Waals surface area contributed by atoms with E-state index >= 15 is 0 Å². The minimum absolute atomic E-state index is 0.0952. The summed E-state index contributed by atoms with van der Waals surface area (Å²) in [5.41, 5.74) is 11.4. The van der Waals surface area contributed by atoms with E-state index in [0.29, 0.717) is 0 Å². The molecule has 8 nitrogen and oxygen atoms in total. The van der Waals surface area contributed by atoms with Crippen LogP contribution in [0.3, 0.4) is 0 Å². The highest BCUT2D eigenvalue weighted by molar-refractivity contribution is 7.71. The number of nitrogens with zero attached hydrogens (tertiary/aromatic N) is 1. The van der Waals surface area contributed by atoms with Gasteiger partial charge in [-0.25, -0.2) is 0 Å². The van der Waals surface area contributed by atoms with E-state index < -0.39 is 24.5 Å². The Kier molecular flexibility index (Phi) is 3.39. The molecule has 1 aliphatic rings. The second kappa shape index (κ2) is 4.69. The molecule has 0 spiro atoms. The Hall–Kier alpha value is -1.42. The number of nitrogens with two attached hydrogens (primary N) is 2. The summed E-state index contributed by atoms with van der Waals surface area (Å²) in [6, 6.07) is 0. The van der Waals surface area contributed by atoms with Crippen LogP contribution >= 0.6 is 12.2 Å². The highest BCUT2D eigenvalue weighted by Crippen LogP contribution is 2.25. The van der Waals surface area contributed by atoms with E-state index in [1.807, 2.05) is 0 Å². The average molecular weight is 273 g/mol. The van der Waals surface area contributed by atoms with Gasteiger partial charge in [-0.2, -0.15) is 4.98 Å². The van der Waals surface area contributed by atoms with Crippen molar-refractivity contribution in [1.29, 1.82) is 0 Å². The molecule has 9 heteroatoms. The minimum Gasteiger partial charge on any atom is -0.393 e. The van der Waals surface area contributed by atoms with Gasteiger partial charge in [0.1, 0.15) is 22.5 Å². The number of H-pyrrole nitrogens is 1.